The van der Waals surface area contributed by atoms with Crippen LogP contribution in [0.2, 0.25) is 5.02 Å². The molecule has 0 bridgehead atoms. The van der Waals surface area contributed by atoms with Crippen LogP contribution in [0.5, 0.6) is 5.75 Å². The topological polar surface area (TPSA) is 52.6 Å². The summed E-state index contributed by atoms with van der Waals surface area (Å²) in [5.41, 5.74) is 1.80. The lowest BCUT2D eigenvalue weighted by atomic mass is 9.72. The molecule has 1 aromatic rings. The first-order valence-corrected chi connectivity index (χ1v) is 10.6. The average Bonchev–Trinajstić information content (AvgIpc) is 2.92. The maximum Gasteiger partial charge on any atom is 0.313 e. The van der Waals surface area contributed by atoms with Gasteiger partial charge < -0.3 is 9.47 Å². The number of rotatable bonds is 5. The molecule has 5 heteroatoms. The van der Waals surface area contributed by atoms with Gasteiger partial charge in [0, 0.05) is 22.4 Å². The Morgan fingerprint density at radius 1 is 1.21 bits per heavy atom. The van der Waals surface area contributed by atoms with Crippen LogP contribution in [-0.4, -0.2) is 18.9 Å². The molecular weight excluding hydrogens is 376 g/mol. The summed E-state index contributed by atoms with van der Waals surface area (Å²) in [4.78, 5) is 25.8. The Balaban J connectivity index is 2.25. The summed E-state index contributed by atoms with van der Waals surface area (Å²) in [5, 5.41) is 0.566. The standard InChI is InChI=1S/C23H29ClO4/c1-5-15-11-16(24)12-18(27-4)19(15)20-17(25)13-23(9-7-6-8-10-23)21(20)28-22(26)14(2)3/h11-12,14H,5-10,13H2,1-4H3. The highest BCUT2D eigenvalue weighted by molar-refractivity contribution is 6.31. The van der Waals surface area contributed by atoms with Gasteiger partial charge in [-0.05, 0) is 37.0 Å². The van der Waals surface area contributed by atoms with Crippen molar-refractivity contribution in [3.8, 4) is 5.75 Å². The van der Waals surface area contributed by atoms with Crippen molar-refractivity contribution in [1.29, 1.82) is 0 Å². The van der Waals surface area contributed by atoms with Crippen LogP contribution in [-0.2, 0) is 20.7 Å². The molecule has 1 fully saturated rings. The van der Waals surface area contributed by atoms with E-state index in [4.69, 9.17) is 21.1 Å². The Bertz CT molecular complexity index is 791. The third-order valence-corrected chi connectivity index (χ3v) is 6.19. The Morgan fingerprint density at radius 3 is 2.46 bits per heavy atom. The molecule has 0 atom stereocenters. The second-order valence-corrected chi connectivity index (χ2v) is 8.65. The Hall–Kier alpha value is -1.81. The van der Waals surface area contributed by atoms with Gasteiger partial charge in [0.15, 0.2) is 5.78 Å². The van der Waals surface area contributed by atoms with E-state index in [0.717, 1.165) is 43.2 Å². The van der Waals surface area contributed by atoms with Gasteiger partial charge in [-0.2, -0.15) is 0 Å². The number of methoxy groups -OCH3 is 1. The molecule has 28 heavy (non-hydrogen) atoms. The van der Waals surface area contributed by atoms with Gasteiger partial charge in [-0.3, -0.25) is 9.59 Å². The molecule has 1 aromatic carbocycles. The second kappa shape index (κ2) is 8.28. The molecule has 0 amide bonds. The predicted molar refractivity (Wildman–Crippen MR) is 110 cm³/mol. The lowest BCUT2D eigenvalue weighted by molar-refractivity contribution is -0.145. The molecule has 0 aromatic heterocycles. The van der Waals surface area contributed by atoms with Crippen molar-refractivity contribution in [2.24, 2.45) is 11.3 Å². The number of hydrogen-bond acceptors (Lipinski definition) is 4. The van der Waals surface area contributed by atoms with E-state index in [9.17, 15) is 9.59 Å². The normalized spacial score (nSPS) is 18.9. The molecule has 4 nitrogen and oxygen atoms in total. The maximum absolute atomic E-state index is 13.3. The van der Waals surface area contributed by atoms with Crippen LogP contribution in [0.15, 0.2) is 17.9 Å². The number of allylic oxidation sites excluding steroid dienone is 2. The van der Waals surface area contributed by atoms with E-state index < -0.39 is 0 Å². The first-order chi connectivity index (χ1) is 13.3. The van der Waals surface area contributed by atoms with Gasteiger partial charge in [-0.15, -0.1) is 0 Å². The number of carbonyl (C=O) groups excluding carboxylic acids is 2. The maximum atomic E-state index is 13.3. The van der Waals surface area contributed by atoms with Crippen LogP contribution in [0.3, 0.4) is 0 Å². The molecule has 0 unspecified atom stereocenters. The van der Waals surface area contributed by atoms with Gasteiger partial charge >= 0.3 is 5.97 Å². The monoisotopic (exact) mass is 404 g/mol. The number of esters is 1. The quantitative estimate of drug-likeness (QED) is 0.587. The number of Topliss-reactive ketones (excluding diaryl/α,β-unsaturated/α-hetero) is 1. The Kier molecular flexibility index (Phi) is 6.18. The Labute approximate surface area is 172 Å². The number of hydrogen-bond donors (Lipinski definition) is 0. The fourth-order valence-corrected chi connectivity index (χ4v) is 4.72. The highest BCUT2D eigenvalue weighted by Crippen LogP contribution is 2.55. The lowest BCUT2D eigenvalue weighted by Crippen LogP contribution is -2.28. The van der Waals surface area contributed by atoms with Gasteiger partial charge in [0.2, 0.25) is 0 Å². The molecule has 3 rings (SSSR count). The zero-order valence-corrected chi connectivity index (χ0v) is 17.9. The molecule has 1 spiro atoms. The van der Waals surface area contributed by atoms with E-state index in [0.29, 0.717) is 34.9 Å². The minimum Gasteiger partial charge on any atom is -0.496 e. The summed E-state index contributed by atoms with van der Waals surface area (Å²) in [7, 11) is 1.57. The molecule has 0 N–H and O–H groups in total. The minimum absolute atomic E-state index is 0.0313. The third kappa shape index (κ3) is 3.71. The van der Waals surface area contributed by atoms with Crippen molar-refractivity contribution in [1.82, 2.24) is 0 Å². The van der Waals surface area contributed by atoms with Crippen molar-refractivity contribution in [2.45, 2.75) is 65.7 Å². The molecule has 0 radical (unpaired) electrons. The summed E-state index contributed by atoms with van der Waals surface area (Å²) in [6.07, 6.45) is 6.09. The van der Waals surface area contributed by atoms with Gasteiger partial charge in [-0.25, -0.2) is 0 Å². The largest absolute Gasteiger partial charge is 0.496 e. The highest BCUT2D eigenvalue weighted by Gasteiger charge is 2.49. The molecule has 1 saturated carbocycles. The molecule has 0 aliphatic heterocycles. The van der Waals surface area contributed by atoms with E-state index in [1.165, 1.54) is 0 Å². The van der Waals surface area contributed by atoms with Gasteiger partial charge in [0.05, 0.1) is 18.6 Å². The van der Waals surface area contributed by atoms with E-state index >= 15 is 0 Å². The summed E-state index contributed by atoms with van der Waals surface area (Å²) in [6.45, 7) is 5.64. The Morgan fingerprint density at radius 2 is 1.89 bits per heavy atom. The van der Waals surface area contributed by atoms with Crippen LogP contribution in [0.25, 0.3) is 5.57 Å². The number of aryl methyl sites for hydroxylation is 1. The van der Waals surface area contributed by atoms with Crippen molar-refractivity contribution in [2.75, 3.05) is 7.11 Å². The van der Waals surface area contributed by atoms with Crippen LogP contribution in [0.4, 0.5) is 0 Å². The second-order valence-electron chi connectivity index (χ2n) is 8.22. The van der Waals surface area contributed by atoms with E-state index in [2.05, 4.69) is 0 Å². The fourth-order valence-electron chi connectivity index (χ4n) is 4.49. The zero-order chi connectivity index (χ0) is 20.5. The predicted octanol–water partition coefficient (Wildman–Crippen LogP) is 5.74. The first kappa shape index (κ1) is 20.9. The van der Waals surface area contributed by atoms with Gasteiger partial charge in [0.25, 0.3) is 0 Å². The first-order valence-electron chi connectivity index (χ1n) is 10.2. The van der Waals surface area contributed by atoms with Gasteiger partial charge in [0.1, 0.15) is 11.5 Å². The third-order valence-electron chi connectivity index (χ3n) is 5.97. The van der Waals surface area contributed by atoms with Crippen LogP contribution in [0.1, 0.15) is 70.4 Å². The molecule has 152 valence electrons. The van der Waals surface area contributed by atoms with Crippen molar-refractivity contribution in [3.63, 3.8) is 0 Å². The van der Waals surface area contributed by atoms with Crippen molar-refractivity contribution >= 4 is 28.9 Å². The summed E-state index contributed by atoms with van der Waals surface area (Å²) < 4.78 is 11.6. The van der Waals surface area contributed by atoms with Crippen molar-refractivity contribution in [3.05, 3.63) is 34.0 Å². The summed E-state index contributed by atoms with van der Waals surface area (Å²) in [5.74, 6) is 0.592. The summed E-state index contributed by atoms with van der Waals surface area (Å²) >= 11 is 6.26. The van der Waals surface area contributed by atoms with E-state index in [1.54, 1.807) is 13.2 Å². The minimum atomic E-state index is -0.370. The number of halogens is 1. The number of carbonyl (C=O) groups is 2. The van der Waals surface area contributed by atoms with E-state index in [-0.39, 0.29) is 23.1 Å². The van der Waals surface area contributed by atoms with Crippen LogP contribution < -0.4 is 4.74 Å². The van der Waals surface area contributed by atoms with Crippen LogP contribution >= 0.6 is 11.6 Å². The smallest absolute Gasteiger partial charge is 0.313 e. The molecule has 0 heterocycles. The molecule has 2 aliphatic carbocycles. The highest BCUT2D eigenvalue weighted by atomic mass is 35.5. The van der Waals surface area contributed by atoms with Crippen LogP contribution in [0, 0.1) is 11.3 Å². The lowest BCUT2D eigenvalue weighted by Gasteiger charge is -2.34. The SMILES string of the molecule is CCc1cc(Cl)cc(OC)c1C1=C(OC(=O)C(C)C)C2(CCCCC2)CC1=O. The average molecular weight is 405 g/mol. The molecule has 2 aliphatic rings. The summed E-state index contributed by atoms with van der Waals surface area (Å²) in [6, 6.07) is 3.59. The number of ketones is 1. The molecule has 0 saturated heterocycles. The number of ether oxygens (including phenoxy) is 2. The van der Waals surface area contributed by atoms with Crippen molar-refractivity contribution < 1.29 is 19.1 Å². The fraction of sp³-hybridized carbons (Fsp3) is 0.565. The molecular formula is C23H29ClO4. The van der Waals surface area contributed by atoms with Gasteiger partial charge in [-0.1, -0.05) is 51.6 Å². The van der Waals surface area contributed by atoms with E-state index in [1.807, 2.05) is 26.8 Å². The zero-order valence-electron chi connectivity index (χ0n) is 17.2. The number of benzene rings is 1.